The Kier molecular flexibility index (Phi) is 24.1. The number of aromatic nitrogens is 12. The minimum Gasteiger partial charge on any atom is -0.463 e. The van der Waals surface area contributed by atoms with Gasteiger partial charge in [-0.05, 0) is 93.8 Å². The Bertz CT molecular complexity index is 4100. The fraction of sp³-hybridized carbons (Fsp3) is 0.397. The molecule has 4 aromatic heterocycles. The van der Waals surface area contributed by atoms with E-state index in [1.165, 1.54) is 58.2 Å². The van der Waals surface area contributed by atoms with Crippen molar-refractivity contribution in [1.82, 2.24) is 70.2 Å². The van der Waals surface area contributed by atoms with Gasteiger partial charge in [0, 0.05) is 62.0 Å². The molecule has 38 heteroatoms. The normalized spacial score (nSPS) is 20.5. The van der Waals surface area contributed by atoms with Crippen molar-refractivity contribution >= 4 is 82.1 Å². The molecular weight excluding hydrogens is 1430 g/mol. The Labute approximate surface area is 589 Å². The van der Waals surface area contributed by atoms with Crippen LogP contribution in [0, 0.1) is 48.8 Å². The number of esters is 4. The average molecular weight is 1490 g/mol. The van der Waals surface area contributed by atoms with E-state index in [4.69, 9.17) is 84.3 Å². The summed E-state index contributed by atoms with van der Waals surface area (Å²) in [5.74, 6) is -13.9. The lowest BCUT2D eigenvalue weighted by atomic mass is 9.91. The predicted octanol–water partition coefficient (Wildman–Crippen LogP) is 8.66. The van der Waals surface area contributed by atoms with E-state index in [-0.39, 0.29) is 90.4 Å². The van der Waals surface area contributed by atoms with E-state index < -0.39 is 158 Å². The number of hydrogen-bond acceptors (Lipinski definition) is 22. The van der Waals surface area contributed by atoms with E-state index in [2.05, 4.69) is 51.4 Å². The van der Waals surface area contributed by atoms with Gasteiger partial charge in [-0.1, -0.05) is 56.8 Å². The first-order chi connectivity index (χ1) is 48.1. The summed E-state index contributed by atoms with van der Waals surface area (Å²) in [6.45, 7) is 5.04. The monoisotopic (exact) mass is 1490 g/mol. The first-order valence-corrected chi connectivity index (χ1v) is 32.2. The summed E-state index contributed by atoms with van der Waals surface area (Å²) < 4.78 is 140. The van der Waals surface area contributed by atoms with Crippen molar-refractivity contribution in [1.29, 1.82) is 0 Å². The van der Waals surface area contributed by atoms with Crippen molar-refractivity contribution in [3.8, 4) is 33.9 Å². The van der Waals surface area contributed by atoms with Gasteiger partial charge in [-0.2, -0.15) is 10.2 Å². The number of unbranched alkanes of at least 4 members (excludes halogenated alkanes) is 2. The molecule has 2 amide bonds. The van der Waals surface area contributed by atoms with Gasteiger partial charge in [-0.3, -0.25) is 28.8 Å². The van der Waals surface area contributed by atoms with Crippen LogP contribution >= 0.6 is 46.4 Å². The highest BCUT2D eigenvalue weighted by molar-refractivity contribution is 6.35. The molecule has 2 saturated heterocycles. The van der Waals surface area contributed by atoms with Crippen LogP contribution in [-0.4, -0.2) is 171 Å². The van der Waals surface area contributed by atoms with Crippen LogP contribution in [0.25, 0.3) is 33.9 Å². The molecule has 0 spiro atoms. The molecule has 0 bridgehead atoms. The summed E-state index contributed by atoms with van der Waals surface area (Å²) in [5, 5.41) is 32.0. The van der Waals surface area contributed by atoms with Crippen molar-refractivity contribution in [2.75, 3.05) is 39.5 Å². The van der Waals surface area contributed by atoms with Crippen LogP contribution in [-0.2, 0) is 66.7 Å². The van der Waals surface area contributed by atoms with Crippen LogP contribution in [0.5, 0.6) is 0 Å². The molecule has 0 radical (unpaired) electrons. The van der Waals surface area contributed by atoms with Crippen LogP contribution in [0.3, 0.4) is 0 Å². The van der Waals surface area contributed by atoms with E-state index in [0.717, 1.165) is 37.1 Å². The van der Waals surface area contributed by atoms with Crippen molar-refractivity contribution in [3.05, 3.63) is 151 Å². The number of hydrogen-bond donors (Lipinski definition) is 2. The Morgan fingerprint density at radius 3 is 1.25 bits per heavy atom. The molecule has 2 N–H and O–H groups in total. The van der Waals surface area contributed by atoms with E-state index in [1.807, 2.05) is 0 Å². The van der Waals surface area contributed by atoms with Crippen LogP contribution in [0.1, 0.15) is 94.5 Å². The summed E-state index contributed by atoms with van der Waals surface area (Å²) in [6.07, 6.45) is -8.23. The number of halogens is 10. The van der Waals surface area contributed by atoms with Crippen molar-refractivity contribution < 1.29 is 93.0 Å². The summed E-state index contributed by atoms with van der Waals surface area (Å²) >= 11 is 26.3. The van der Waals surface area contributed by atoms with Gasteiger partial charge < -0.3 is 48.5 Å². The highest BCUT2D eigenvalue weighted by Crippen LogP contribution is 2.45. The van der Waals surface area contributed by atoms with Crippen LogP contribution in [0.15, 0.2) is 73.1 Å². The smallest absolute Gasteiger partial charge is 0.303 e. The Morgan fingerprint density at radius 2 is 0.891 bits per heavy atom. The second kappa shape index (κ2) is 32.7. The number of benzene rings is 4. The number of nitrogens with one attached hydrogen (secondary N) is 2. The van der Waals surface area contributed by atoms with Crippen molar-refractivity contribution in [2.45, 2.75) is 122 Å². The van der Waals surface area contributed by atoms with Crippen LogP contribution < -0.4 is 10.6 Å². The van der Waals surface area contributed by atoms with Crippen molar-refractivity contribution in [2.24, 2.45) is 0 Å². The largest absolute Gasteiger partial charge is 0.463 e. The van der Waals surface area contributed by atoms with Crippen LogP contribution in [0.4, 0.5) is 26.3 Å². The molecule has 6 heterocycles. The van der Waals surface area contributed by atoms with Gasteiger partial charge in [-0.15, -0.1) is 10.2 Å². The quantitative estimate of drug-likeness (QED) is 0.0168. The lowest BCUT2D eigenvalue weighted by Crippen LogP contribution is -2.56. The molecule has 0 saturated carbocycles. The Morgan fingerprint density at radius 1 is 0.515 bits per heavy atom. The molecular formula is C63H60Cl4F6N14O14. The second-order valence-electron chi connectivity index (χ2n) is 23.0. The fourth-order valence-corrected chi connectivity index (χ4v) is 12.0. The van der Waals surface area contributed by atoms with Gasteiger partial charge in [0.05, 0.1) is 33.8 Å². The SMILES string of the molecule is CC(=O)OC[C@@H]1O[C@H](c2nc(C)nn2-c2cc(Cl)ccc2Cl)[C@@H](OCC(=O)NCCCCCNC(=O)CO[C@@H]2[C@@H](n3cc(-c4cc(F)c(F)c(F)c4)nn3)[C@@H](OC(C)=O)[C@@H](COC(C)=O)O[C@H]2c2nc(C)nn2-c2cc(Cl)ccc2Cl)[C@H](n2cc(-c3cc(F)c(F)c(F)c3)nn2)[C@@H]1OC(C)=O. The molecule has 2 aliphatic rings. The third-order valence-corrected chi connectivity index (χ3v) is 16.7. The maximum Gasteiger partial charge on any atom is 0.303 e. The van der Waals surface area contributed by atoms with Gasteiger partial charge in [0.25, 0.3) is 0 Å². The second-order valence-corrected chi connectivity index (χ2v) is 24.6. The number of ether oxygens (including phenoxy) is 8. The molecule has 10 rings (SSSR count). The molecule has 28 nitrogen and oxygen atoms in total. The number of nitrogens with zero attached hydrogens (tertiary/aromatic N) is 12. The van der Waals surface area contributed by atoms with E-state index in [0.29, 0.717) is 43.5 Å². The van der Waals surface area contributed by atoms with Crippen molar-refractivity contribution in [3.63, 3.8) is 0 Å². The standard InChI is InChI=1S/C63H60Cl4F6N14O14/c1-28-76-62(86(80-28)46-20-36(64)10-12-38(46)66)60-58(54(56(98-32(5)90)48(100-60)24-94-30(3)88)84-22-44(78-82-84)34-16-40(68)52(72)41(69)17-34)96-26-50(92)74-14-8-7-9-15-75-51(93)27-97-59-55(85-23-45(79-83-85)35-18-42(70)53(73)43(71)19-35)57(99-33(6)91)49(25-95-31(4)89)101-61(59)63-77-29(2)81-87(63)47-21-37(65)11-13-39(47)67/h10-13,16-23,48-49,54-61H,7-9,14-15,24-27H2,1-6H3,(H,74,92)(H,75,93)/t48-,49+,54+,55-,56+,57-,58-,59+,60-,61+. The Hall–Kier alpha value is -9.16. The maximum absolute atomic E-state index is 14.6. The average Bonchev–Trinajstić information content (AvgIpc) is 1.71. The van der Waals surface area contributed by atoms with Crippen LogP contribution in [0.2, 0.25) is 20.1 Å². The van der Waals surface area contributed by atoms with Gasteiger partial charge in [0.1, 0.15) is 98.2 Å². The third-order valence-electron chi connectivity index (χ3n) is 15.6. The fourth-order valence-electron chi connectivity index (χ4n) is 11.3. The summed E-state index contributed by atoms with van der Waals surface area (Å²) in [7, 11) is 0. The zero-order valence-electron chi connectivity index (χ0n) is 53.9. The highest BCUT2D eigenvalue weighted by atomic mass is 35.5. The lowest BCUT2D eigenvalue weighted by molar-refractivity contribution is -0.235. The minimum absolute atomic E-state index is 0.0197. The zero-order chi connectivity index (χ0) is 72.7. The lowest BCUT2D eigenvalue weighted by Gasteiger charge is -2.45. The number of amides is 2. The van der Waals surface area contributed by atoms with E-state index in [1.54, 1.807) is 13.8 Å². The van der Waals surface area contributed by atoms with E-state index in [9.17, 15) is 55.1 Å². The third kappa shape index (κ3) is 17.8. The molecule has 2 fully saturated rings. The first-order valence-electron chi connectivity index (χ1n) is 30.7. The number of carbonyl (C=O) groups excluding carboxylic acids is 6. The number of rotatable bonds is 26. The molecule has 101 heavy (non-hydrogen) atoms. The molecule has 0 unspecified atom stereocenters. The van der Waals surface area contributed by atoms with Gasteiger partial charge in [0.15, 0.2) is 58.8 Å². The molecule has 2 aliphatic heterocycles. The molecule has 8 aromatic rings. The summed E-state index contributed by atoms with van der Waals surface area (Å²) in [6, 6.07) is 8.91. The molecule has 0 aliphatic carbocycles. The minimum atomic E-state index is -1.74. The zero-order valence-corrected chi connectivity index (χ0v) is 57.0. The molecule has 4 aromatic carbocycles. The first kappa shape index (κ1) is 74.5. The predicted molar refractivity (Wildman–Crippen MR) is 340 cm³/mol. The Balaban J connectivity index is 0.859. The van der Waals surface area contributed by atoms with Gasteiger partial charge >= 0.3 is 23.9 Å². The van der Waals surface area contributed by atoms with Gasteiger partial charge in [-0.25, -0.2) is 55.0 Å². The van der Waals surface area contributed by atoms with E-state index >= 15 is 0 Å². The maximum atomic E-state index is 14.6. The summed E-state index contributed by atoms with van der Waals surface area (Å²) in [5.41, 5.74) is -0.469. The topological polar surface area (TPSA) is 323 Å². The molecule has 10 atom stereocenters. The van der Waals surface area contributed by atoms with Gasteiger partial charge in [0.2, 0.25) is 11.8 Å². The molecule has 536 valence electrons. The number of carbonyl (C=O) groups is 6. The summed E-state index contributed by atoms with van der Waals surface area (Å²) in [4.78, 5) is 87.7. The number of aryl methyl sites for hydroxylation is 2. The highest BCUT2D eigenvalue weighted by Gasteiger charge is 2.55.